The van der Waals surface area contributed by atoms with Gasteiger partial charge in [0, 0.05) is 0 Å². The SMILES string of the molecule is CCOC(=O)CC(=O)OC(F)(F)C(F)(F)C(F)(F)C(F)(F)C(F)(F)F. The van der Waals surface area contributed by atoms with Gasteiger partial charge >= 0.3 is 42.0 Å². The largest absolute Gasteiger partial charge is 0.473 e. The molecule has 0 aromatic rings. The lowest BCUT2D eigenvalue weighted by atomic mass is 10.0. The molecule has 0 aliphatic carbocycles. The van der Waals surface area contributed by atoms with Crippen molar-refractivity contribution >= 4 is 11.9 Å². The van der Waals surface area contributed by atoms with Gasteiger partial charge < -0.3 is 9.47 Å². The van der Waals surface area contributed by atoms with Crippen molar-refractivity contribution in [3.05, 3.63) is 0 Å². The number of ether oxygens (including phenoxy) is 2. The van der Waals surface area contributed by atoms with Gasteiger partial charge in [-0.15, -0.1) is 0 Å². The Kier molecular flexibility index (Phi) is 6.32. The number of halogens is 11. The highest BCUT2D eigenvalue weighted by Crippen LogP contribution is 2.57. The molecule has 25 heavy (non-hydrogen) atoms. The van der Waals surface area contributed by atoms with Gasteiger partial charge in [0.25, 0.3) is 0 Å². The van der Waals surface area contributed by atoms with Gasteiger partial charge in [0.05, 0.1) is 6.61 Å². The zero-order valence-electron chi connectivity index (χ0n) is 11.7. The molecule has 0 saturated heterocycles. The Balaban J connectivity index is 5.59. The Bertz CT molecular complexity index is 511. The smallest absolute Gasteiger partial charge is 0.466 e. The number of hydrogen-bond acceptors (Lipinski definition) is 4. The standard InChI is InChI=1S/C10H7F11O4/c1-2-24-4(22)3-5(23)25-10(20,21)8(15,16)6(11,12)7(13,14)9(17,18)19/h2-3H2,1H3. The quantitative estimate of drug-likeness (QED) is 0.373. The Morgan fingerprint density at radius 1 is 0.720 bits per heavy atom. The van der Waals surface area contributed by atoms with E-state index in [0.717, 1.165) is 6.92 Å². The first-order valence-corrected chi connectivity index (χ1v) is 5.80. The fraction of sp³-hybridized carbons (Fsp3) is 0.800. The van der Waals surface area contributed by atoms with E-state index in [1.165, 1.54) is 0 Å². The van der Waals surface area contributed by atoms with E-state index in [2.05, 4.69) is 9.47 Å². The average molecular weight is 400 g/mol. The third-order valence-electron chi connectivity index (χ3n) is 2.35. The van der Waals surface area contributed by atoms with Crippen LogP contribution in [0.4, 0.5) is 48.3 Å². The normalized spacial score (nSPS) is 14.2. The molecule has 0 amide bonds. The third-order valence-corrected chi connectivity index (χ3v) is 2.35. The van der Waals surface area contributed by atoms with Gasteiger partial charge in [-0.3, -0.25) is 9.59 Å². The van der Waals surface area contributed by atoms with Crippen LogP contribution in [0, 0.1) is 0 Å². The summed E-state index contributed by atoms with van der Waals surface area (Å²) < 4.78 is 144. The van der Waals surface area contributed by atoms with Gasteiger partial charge in [0.2, 0.25) is 0 Å². The van der Waals surface area contributed by atoms with Crippen molar-refractivity contribution in [2.24, 2.45) is 0 Å². The molecule has 0 radical (unpaired) electrons. The van der Waals surface area contributed by atoms with E-state index in [1.54, 1.807) is 0 Å². The molecule has 0 spiro atoms. The van der Waals surface area contributed by atoms with Crippen LogP contribution in [0.2, 0.25) is 0 Å². The molecule has 0 rings (SSSR count). The Morgan fingerprint density at radius 2 is 1.16 bits per heavy atom. The Hall–Kier alpha value is -1.83. The summed E-state index contributed by atoms with van der Waals surface area (Å²) in [4.78, 5) is 21.5. The van der Waals surface area contributed by atoms with Gasteiger partial charge in [0.1, 0.15) is 6.42 Å². The zero-order valence-corrected chi connectivity index (χ0v) is 11.7. The molecule has 148 valence electrons. The molecular formula is C10H7F11O4. The van der Waals surface area contributed by atoms with Crippen LogP contribution in [-0.2, 0) is 19.1 Å². The van der Waals surface area contributed by atoms with E-state index in [4.69, 9.17) is 0 Å². The Labute approximate surface area is 130 Å². The molecule has 0 aliphatic rings. The maximum absolute atomic E-state index is 13.0. The summed E-state index contributed by atoms with van der Waals surface area (Å²) >= 11 is 0. The Morgan fingerprint density at radius 3 is 1.52 bits per heavy atom. The second-order valence-electron chi connectivity index (χ2n) is 4.19. The molecule has 0 saturated carbocycles. The summed E-state index contributed by atoms with van der Waals surface area (Å²) in [5.74, 6) is -27.1. The van der Waals surface area contributed by atoms with Crippen LogP contribution in [-0.4, -0.2) is 48.6 Å². The number of alkyl halides is 11. The number of esters is 2. The molecule has 15 heteroatoms. The van der Waals surface area contributed by atoms with E-state index in [-0.39, 0.29) is 0 Å². The third kappa shape index (κ3) is 4.23. The second-order valence-corrected chi connectivity index (χ2v) is 4.19. The summed E-state index contributed by atoms with van der Waals surface area (Å²) in [7, 11) is 0. The van der Waals surface area contributed by atoms with Gasteiger partial charge in [-0.25, -0.2) is 0 Å². The van der Waals surface area contributed by atoms with Gasteiger partial charge in [-0.05, 0) is 6.92 Å². The molecule has 0 fully saturated rings. The van der Waals surface area contributed by atoms with Gasteiger partial charge in [-0.1, -0.05) is 0 Å². The fourth-order valence-electron chi connectivity index (χ4n) is 1.13. The summed E-state index contributed by atoms with van der Waals surface area (Å²) in [5, 5.41) is 0. The monoisotopic (exact) mass is 400 g/mol. The van der Waals surface area contributed by atoms with Gasteiger partial charge in [0.15, 0.2) is 0 Å². The van der Waals surface area contributed by atoms with Crippen LogP contribution in [0.1, 0.15) is 13.3 Å². The van der Waals surface area contributed by atoms with Crippen LogP contribution >= 0.6 is 0 Å². The van der Waals surface area contributed by atoms with Crippen molar-refractivity contribution in [3.8, 4) is 0 Å². The minimum absolute atomic E-state index is 0.422. The minimum atomic E-state index is -7.70. The highest BCUT2D eigenvalue weighted by molar-refractivity contribution is 5.91. The van der Waals surface area contributed by atoms with E-state index in [0.29, 0.717) is 0 Å². The van der Waals surface area contributed by atoms with Crippen molar-refractivity contribution < 1.29 is 67.4 Å². The first kappa shape index (κ1) is 23.2. The number of carbonyl (C=O) groups excluding carboxylic acids is 2. The van der Waals surface area contributed by atoms with Gasteiger partial charge in [-0.2, -0.15) is 48.3 Å². The molecule has 0 N–H and O–H groups in total. The van der Waals surface area contributed by atoms with Crippen molar-refractivity contribution in [2.45, 2.75) is 43.4 Å². The minimum Gasteiger partial charge on any atom is -0.466 e. The molecule has 0 aromatic carbocycles. The van der Waals surface area contributed by atoms with E-state index in [9.17, 15) is 57.9 Å². The molecule has 0 unspecified atom stereocenters. The number of carbonyl (C=O) groups is 2. The zero-order chi connectivity index (χ0) is 20.5. The van der Waals surface area contributed by atoms with Crippen molar-refractivity contribution in [2.75, 3.05) is 6.61 Å². The molecule has 0 aromatic heterocycles. The highest BCUT2D eigenvalue weighted by atomic mass is 19.4. The molecule has 0 heterocycles. The van der Waals surface area contributed by atoms with Crippen LogP contribution in [0.5, 0.6) is 0 Å². The lowest BCUT2D eigenvalue weighted by Gasteiger charge is -2.36. The van der Waals surface area contributed by atoms with Crippen LogP contribution < -0.4 is 0 Å². The molecule has 4 nitrogen and oxygen atoms in total. The molecule has 0 bridgehead atoms. The maximum Gasteiger partial charge on any atom is 0.473 e. The summed E-state index contributed by atoms with van der Waals surface area (Å²) in [6.07, 6.45) is -16.0. The van der Waals surface area contributed by atoms with E-state index >= 15 is 0 Å². The van der Waals surface area contributed by atoms with Crippen LogP contribution in [0.25, 0.3) is 0 Å². The van der Waals surface area contributed by atoms with E-state index < -0.39 is 55.0 Å². The topological polar surface area (TPSA) is 52.6 Å². The van der Waals surface area contributed by atoms with Crippen molar-refractivity contribution in [1.82, 2.24) is 0 Å². The summed E-state index contributed by atoms with van der Waals surface area (Å²) in [6.45, 7) is 0.736. The first-order chi connectivity index (χ1) is 10.8. The van der Waals surface area contributed by atoms with E-state index in [1.807, 2.05) is 0 Å². The van der Waals surface area contributed by atoms with Crippen LogP contribution in [0.15, 0.2) is 0 Å². The fourth-order valence-corrected chi connectivity index (χ4v) is 1.13. The maximum atomic E-state index is 13.0. The predicted octanol–water partition coefficient (Wildman–Crippen LogP) is 3.54. The number of rotatable bonds is 7. The predicted molar refractivity (Wildman–Crippen MR) is 53.2 cm³/mol. The summed E-state index contributed by atoms with van der Waals surface area (Å²) in [5.41, 5.74) is 0. The number of hydrogen-bond donors (Lipinski definition) is 0. The molecule has 0 atom stereocenters. The van der Waals surface area contributed by atoms with Crippen LogP contribution in [0.3, 0.4) is 0 Å². The lowest BCUT2D eigenvalue weighted by Crippen LogP contribution is -2.67. The molecular weight excluding hydrogens is 393 g/mol. The average Bonchev–Trinajstić information content (AvgIpc) is 2.35. The van der Waals surface area contributed by atoms with Crippen molar-refractivity contribution in [1.29, 1.82) is 0 Å². The first-order valence-electron chi connectivity index (χ1n) is 5.80. The summed E-state index contributed by atoms with van der Waals surface area (Å²) in [6, 6.07) is 0. The lowest BCUT2D eigenvalue weighted by molar-refractivity contribution is -0.449. The van der Waals surface area contributed by atoms with Crippen molar-refractivity contribution in [3.63, 3.8) is 0 Å². The highest BCUT2D eigenvalue weighted by Gasteiger charge is 2.88. The molecule has 0 aliphatic heterocycles. The second kappa shape index (κ2) is 6.82.